The molecule has 0 fully saturated rings. The summed E-state index contributed by atoms with van der Waals surface area (Å²) in [5, 5.41) is 6.67. The molecule has 2 N–H and O–H groups in total. The molecule has 0 atom stereocenters. The van der Waals surface area contributed by atoms with Crippen LogP contribution in [0.5, 0.6) is 5.75 Å². The van der Waals surface area contributed by atoms with Crippen LogP contribution in [0.25, 0.3) is 0 Å². The highest BCUT2D eigenvalue weighted by Crippen LogP contribution is 2.17. The first-order valence-electron chi connectivity index (χ1n) is 9.15. The van der Waals surface area contributed by atoms with Gasteiger partial charge in [-0.2, -0.15) is 0 Å². The van der Waals surface area contributed by atoms with Gasteiger partial charge in [-0.05, 0) is 31.6 Å². The van der Waals surface area contributed by atoms with E-state index in [1.54, 1.807) is 14.2 Å². The van der Waals surface area contributed by atoms with Crippen LogP contribution in [-0.4, -0.2) is 64.4 Å². The second-order valence-corrected chi connectivity index (χ2v) is 5.78. The molecule has 1 aromatic rings. The molecule has 0 saturated carbocycles. The van der Waals surface area contributed by atoms with Crippen LogP contribution in [0, 0.1) is 0 Å². The van der Waals surface area contributed by atoms with E-state index in [0.29, 0.717) is 13.2 Å². The molecule has 0 spiro atoms. The highest BCUT2D eigenvalue weighted by Gasteiger charge is 2.03. The van der Waals surface area contributed by atoms with Gasteiger partial charge in [-0.1, -0.05) is 19.9 Å². The Morgan fingerprint density at radius 2 is 2.04 bits per heavy atom. The van der Waals surface area contributed by atoms with Crippen LogP contribution in [-0.2, 0) is 4.74 Å². The van der Waals surface area contributed by atoms with Crippen molar-refractivity contribution in [2.75, 3.05) is 58.9 Å². The Balaban J connectivity index is 2.44. The number of methoxy groups -OCH3 is 1. The van der Waals surface area contributed by atoms with E-state index in [0.717, 1.165) is 50.0 Å². The van der Waals surface area contributed by atoms with Gasteiger partial charge >= 0.3 is 0 Å². The fourth-order valence-corrected chi connectivity index (χ4v) is 2.45. The van der Waals surface area contributed by atoms with Gasteiger partial charge in [0.05, 0.1) is 6.61 Å². The predicted molar refractivity (Wildman–Crippen MR) is 106 cm³/mol. The highest BCUT2D eigenvalue weighted by molar-refractivity contribution is 5.93. The molecule has 25 heavy (non-hydrogen) atoms. The third-order valence-electron chi connectivity index (χ3n) is 3.79. The van der Waals surface area contributed by atoms with Gasteiger partial charge in [0.1, 0.15) is 5.75 Å². The lowest BCUT2D eigenvalue weighted by Gasteiger charge is -2.20. The number of anilines is 1. The minimum atomic E-state index is 0.647. The number of guanidine groups is 1. The van der Waals surface area contributed by atoms with E-state index >= 15 is 0 Å². The van der Waals surface area contributed by atoms with Gasteiger partial charge in [0.25, 0.3) is 0 Å². The van der Waals surface area contributed by atoms with Crippen molar-refractivity contribution < 1.29 is 9.47 Å². The zero-order valence-electron chi connectivity index (χ0n) is 16.2. The summed E-state index contributed by atoms with van der Waals surface area (Å²) >= 11 is 0. The molecule has 0 radical (unpaired) electrons. The van der Waals surface area contributed by atoms with Crippen LogP contribution in [0.2, 0.25) is 0 Å². The molecule has 6 nitrogen and oxygen atoms in total. The van der Waals surface area contributed by atoms with Crippen molar-refractivity contribution >= 4 is 11.6 Å². The van der Waals surface area contributed by atoms with Crippen LogP contribution in [0.3, 0.4) is 0 Å². The number of nitrogens with zero attached hydrogens (tertiary/aromatic N) is 2. The lowest BCUT2D eigenvalue weighted by atomic mass is 10.3. The number of likely N-dealkylation sites (N-methyl/N-ethyl adjacent to an activating group) is 1. The molecule has 0 heterocycles. The van der Waals surface area contributed by atoms with Gasteiger partial charge in [0.2, 0.25) is 0 Å². The zero-order valence-corrected chi connectivity index (χ0v) is 16.2. The lowest BCUT2D eigenvalue weighted by Crippen LogP contribution is -2.38. The van der Waals surface area contributed by atoms with E-state index in [2.05, 4.69) is 34.4 Å². The molecule has 0 aliphatic carbocycles. The number of aliphatic imine (C=N–C) groups is 1. The fraction of sp³-hybridized carbons (Fsp3) is 0.632. The molecule has 0 unspecified atom stereocenters. The minimum Gasteiger partial charge on any atom is -0.493 e. The van der Waals surface area contributed by atoms with Gasteiger partial charge in [-0.15, -0.1) is 0 Å². The Labute approximate surface area is 152 Å². The van der Waals surface area contributed by atoms with Crippen molar-refractivity contribution in [3.8, 4) is 5.75 Å². The van der Waals surface area contributed by atoms with Crippen molar-refractivity contribution in [2.24, 2.45) is 4.99 Å². The van der Waals surface area contributed by atoms with Crippen molar-refractivity contribution in [1.82, 2.24) is 10.2 Å². The van der Waals surface area contributed by atoms with Crippen LogP contribution in [0.15, 0.2) is 29.3 Å². The number of hydrogen-bond donors (Lipinski definition) is 2. The summed E-state index contributed by atoms with van der Waals surface area (Å²) in [7, 11) is 3.48. The van der Waals surface area contributed by atoms with Gasteiger partial charge in [0, 0.05) is 52.0 Å². The monoisotopic (exact) mass is 350 g/mol. The van der Waals surface area contributed by atoms with Crippen LogP contribution < -0.4 is 15.4 Å². The number of rotatable bonds is 12. The summed E-state index contributed by atoms with van der Waals surface area (Å²) in [6.07, 6.45) is 2.06. The van der Waals surface area contributed by atoms with Gasteiger partial charge in [-0.3, -0.25) is 4.99 Å². The molecule has 0 bridgehead atoms. The summed E-state index contributed by atoms with van der Waals surface area (Å²) in [5.74, 6) is 1.61. The average molecular weight is 351 g/mol. The van der Waals surface area contributed by atoms with E-state index < -0.39 is 0 Å². The molecule has 1 aromatic carbocycles. The Morgan fingerprint density at radius 1 is 1.20 bits per heavy atom. The maximum Gasteiger partial charge on any atom is 0.195 e. The molecule has 0 aliphatic heterocycles. The third kappa shape index (κ3) is 9.31. The molecule has 0 saturated heterocycles. The van der Waals surface area contributed by atoms with Crippen LogP contribution >= 0.6 is 0 Å². The van der Waals surface area contributed by atoms with E-state index in [1.807, 2.05) is 24.3 Å². The summed E-state index contributed by atoms with van der Waals surface area (Å²) < 4.78 is 10.8. The number of nitrogens with one attached hydrogen (secondary N) is 2. The molecule has 142 valence electrons. The molecular weight excluding hydrogens is 316 g/mol. The zero-order chi connectivity index (χ0) is 18.3. The molecule has 6 heteroatoms. The maximum absolute atomic E-state index is 5.73. The Kier molecular flexibility index (Phi) is 11.5. The number of ether oxygens (including phenoxy) is 2. The number of hydrogen-bond acceptors (Lipinski definition) is 4. The van der Waals surface area contributed by atoms with Gasteiger partial charge < -0.3 is 25.0 Å². The lowest BCUT2D eigenvalue weighted by molar-refractivity contribution is 0.172. The van der Waals surface area contributed by atoms with Gasteiger partial charge in [-0.25, -0.2) is 0 Å². The largest absolute Gasteiger partial charge is 0.493 e. The quantitative estimate of drug-likeness (QED) is 0.345. The standard InChI is InChI=1S/C19H34N4O2/c1-5-12-23(6-2)13-11-21-19(20-3)22-17-9-7-10-18(16-17)25-15-8-14-24-4/h7,9-10,16H,5-6,8,11-15H2,1-4H3,(H2,20,21,22). The summed E-state index contributed by atoms with van der Waals surface area (Å²) in [4.78, 5) is 6.71. The second kappa shape index (κ2) is 13.5. The summed E-state index contributed by atoms with van der Waals surface area (Å²) in [5.41, 5.74) is 0.957. The van der Waals surface area contributed by atoms with Crippen molar-refractivity contribution in [3.05, 3.63) is 24.3 Å². The first-order valence-corrected chi connectivity index (χ1v) is 9.15. The molecule has 1 rings (SSSR count). The van der Waals surface area contributed by atoms with E-state index in [-0.39, 0.29) is 0 Å². The van der Waals surface area contributed by atoms with Gasteiger partial charge in [0.15, 0.2) is 5.96 Å². The Hall–Kier alpha value is -1.79. The molecule has 0 aliphatic rings. The van der Waals surface area contributed by atoms with E-state index in [4.69, 9.17) is 9.47 Å². The smallest absolute Gasteiger partial charge is 0.195 e. The predicted octanol–water partition coefficient (Wildman–Crippen LogP) is 2.82. The van der Waals surface area contributed by atoms with E-state index in [1.165, 1.54) is 6.42 Å². The maximum atomic E-state index is 5.73. The normalized spacial score (nSPS) is 11.6. The molecule has 0 amide bonds. The summed E-state index contributed by atoms with van der Waals surface area (Å²) in [6.45, 7) is 9.84. The highest BCUT2D eigenvalue weighted by atomic mass is 16.5. The minimum absolute atomic E-state index is 0.647. The average Bonchev–Trinajstić information content (AvgIpc) is 2.64. The van der Waals surface area contributed by atoms with Crippen molar-refractivity contribution in [3.63, 3.8) is 0 Å². The van der Waals surface area contributed by atoms with Crippen LogP contribution in [0.1, 0.15) is 26.7 Å². The Bertz CT molecular complexity index is 494. The van der Waals surface area contributed by atoms with Crippen LogP contribution in [0.4, 0.5) is 5.69 Å². The molecular formula is C19H34N4O2. The fourth-order valence-electron chi connectivity index (χ4n) is 2.45. The van der Waals surface area contributed by atoms with Crippen molar-refractivity contribution in [1.29, 1.82) is 0 Å². The topological polar surface area (TPSA) is 58.1 Å². The third-order valence-corrected chi connectivity index (χ3v) is 3.79. The first-order chi connectivity index (χ1) is 12.2. The molecule has 0 aromatic heterocycles. The van der Waals surface area contributed by atoms with E-state index in [9.17, 15) is 0 Å². The van der Waals surface area contributed by atoms with Crippen molar-refractivity contribution in [2.45, 2.75) is 26.7 Å². The number of benzene rings is 1. The first kappa shape index (κ1) is 21.3. The second-order valence-electron chi connectivity index (χ2n) is 5.78. The Morgan fingerprint density at radius 3 is 2.72 bits per heavy atom. The SMILES string of the molecule is CCCN(CC)CCNC(=NC)Nc1cccc(OCCCOC)c1. The summed E-state index contributed by atoms with van der Waals surface area (Å²) in [6, 6.07) is 7.92.